The highest BCUT2D eigenvalue weighted by atomic mass is 15.1. The fraction of sp³-hybridized carbons (Fsp3) is 0.800. The number of imidazole rings is 1. The van der Waals surface area contributed by atoms with Crippen molar-refractivity contribution in [2.24, 2.45) is 23.5 Å². The van der Waals surface area contributed by atoms with E-state index in [1.165, 1.54) is 25.1 Å². The van der Waals surface area contributed by atoms with Gasteiger partial charge in [0.15, 0.2) is 0 Å². The van der Waals surface area contributed by atoms with Gasteiger partial charge in [-0.2, -0.15) is 0 Å². The highest BCUT2D eigenvalue weighted by molar-refractivity contribution is 4.97. The zero-order chi connectivity index (χ0) is 13.1. The van der Waals surface area contributed by atoms with Crippen LogP contribution in [0.25, 0.3) is 0 Å². The van der Waals surface area contributed by atoms with Crippen LogP contribution < -0.4 is 5.73 Å². The Morgan fingerprint density at radius 1 is 1.44 bits per heavy atom. The maximum atomic E-state index is 6.31. The Bertz CT molecular complexity index is 370. The maximum absolute atomic E-state index is 6.31. The summed E-state index contributed by atoms with van der Waals surface area (Å²) in [5.74, 6) is 3.45. The number of hydrogen-bond donors (Lipinski definition) is 1. The van der Waals surface area contributed by atoms with Crippen molar-refractivity contribution >= 4 is 0 Å². The average molecular weight is 249 g/mol. The van der Waals surface area contributed by atoms with Gasteiger partial charge in [0.25, 0.3) is 0 Å². The van der Waals surface area contributed by atoms with Gasteiger partial charge in [-0.15, -0.1) is 0 Å². The van der Waals surface area contributed by atoms with E-state index in [2.05, 4.69) is 36.5 Å². The Balaban J connectivity index is 2.02. The molecule has 3 heteroatoms. The van der Waals surface area contributed by atoms with Gasteiger partial charge in [-0.1, -0.05) is 13.8 Å². The molecule has 2 N–H and O–H groups in total. The SMILES string of the molecule is CCn1ccnc1CC1CC(C(C)C)CCC1N. The Hall–Kier alpha value is -0.830. The Labute approximate surface area is 111 Å². The highest BCUT2D eigenvalue weighted by Crippen LogP contribution is 2.34. The van der Waals surface area contributed by atoms with Crippen molar-refractivity contribution in [3.8, 4) is 0 Å². The van der Waals surface area contributed by atoms with E-state index < -0.39 is 0 Å². The van der Waals surface area contributed by atoms with Crippen molar-refractivity contribution in [1.29, 1.82) is 0 Å². The molecule has 1 aromatic rings. The van der Waals surface area contributed by atoms with Gasteiger partial charge in [-0.25, -0.2) is 4.98 Å². The number of hydrogen-bond acceptors (Lipinski definition) is 2. The van der Waals surface area contributed by atoms with Crippen molar-refractivity contribution in [2.75, 3.05) is 0 Å². The van der Waals surface area contributed by atoms with Crippen LogP contribution in [0.2, 0.25) is 0 Å². The summed E-state index contributed by atoms with van der Waals surface area (Å²) in [6.07, 6.45) is 8.79. The fourth-order valence-electron chi connectivity index (χ4n) is 3.22. The van der Waals surface area contributed by atoms with Crippen LogP contribution in [0.5, 0.6) is 0 Å². The van der Waals surface area contributed by atoms with Crippen molar-refractivity contribution < 1.29 is 0 Å². The van der Waals surface area contributed by atoms with Gasteiger partial charge >= 0.3 is 0 Å². The molecule has 0 amide bonds. The fourth-order valence-corrected chi connectivity index (χ4v) is 3.22. The standard InChI is InChI=1S/C15H27N3/c1-4-18-8-7-17-15(18)10-13-9-12(11(2)3)5-6-14(13)16/h7-8,11-14H,4-6,9-10,16H2,1-3H3. The number of rotatable bonds is 4. The first kappa shape index (κ1) is 13.6. The summed E-state index contributed by atoms with van der Waals surface area (Å²) in [7, 11) is 0. The molecule has 102 valence electrons. The zero-order valence-corrected chi connectivity index (χ0v) is 12.0. The van der Waals surface area contributed by atoms with Crippen LogP contribution in [-0.4, -0.2) is 15.6 Å². The average Bonchev–Trinajstić information content (AvgIpc) is 2.79. The number of aromatic nitrogens is 2. The maximum Gasteiger partial charge on any atom is 0.108 e. The Morgan fingerprint density at radius 3 is 2.89 bits per heavy atom. The quantitative estimate of drug-likeness (QED) is 0.891. The van der Waals surface area contributed by atoms with Gasteiger partial charge in [0, 0.05) is 31.4 Å². The van der Waals surface area contributed by atoms with E-state index in [0.29, 0.717) is 12.0 Å². The van der Waals surface area contributed by atoms with Crippen LogP contribution in [-0.2, 0) is 13.0 Å². The molecule has 3 nitrogen and oxygen atoms in total. The van der Waals surface area contributed by atoms with E-state index in [4.69, 9.17) is 5.73 Å². The summed E-state index contributed by atoms with van der Waals surface area (Å²) in [4.78, 5) is 4.49. The monoisotopic (exact) mass is 249 g/mol. The summed E-state index contributed by atoms with van der Waals surface area (Å²) >= 11 is 0. The van der Waals surface area contributed by atoms with E-state index in [1.54, 1.807) is 0 Å². The van der Waals surface area contributed by atoms with E-state index in [9.17, 15) is 0 Å². The van der Waals surface area contributed by atoms with Crippen LogP contribution in [0.4, 0.5) is 0 Å². The second kappa shape index (κ2) is 5.87. The summed E-state index contributed by atoms with van der Waals surface area (Å²) in [5.41, 5.74) is 6.31. The molecule has 18 heavy (non-hydrogen) atoms. The van der Waals surface area contributed by atoms with Crippen molar-refractivity contribution in [3.05, 3.63) is 18.2 Å². The van der Waals surface area contributed by atoms with Crippen molar-refractivity contribution in [3.63, 3.8) is 0 Å². The minimum atomic E-state index is 0.363. The number of nitrogens with zero attached hydrogens (tertiary/aromatic N) is 2. The molecule has 0 saturated heterocycles. The lowest BCUT2D eigenvalue weighted by Gasteiger charge is -2.36. The zero-order valence-electron chi connectivity index (χ0n) is 12.0. The first-order chi connectivity index (χ1) is 8.61. The molecule has 1 aliphatic carbocycles. The lowest BCUT2D eigenvalue weighted by atomic mass is 9.73. The molecule has 1 aromatic heterocycles. The molecule has 0 radical (unpaired) electrons. The first-order valence-electron chi connectivity index (χ1n) is 7.37. The van der Waals surface area contributed by atoms with Gasteiger partial charge in [0.2, 0.25) is 0 Å². The molecule has 3 atom stereocenters. The first-order valence-corrected chi connectivity index (χ1v) is 7.37. The molecule has 1 aliphatic rings. The van der Waals surface area contributed by atoms with Gasteiger partial charge in [-0.3, -0.25) is 0 Å². The van der Waals surface area contributed by atoms with E-state index in [-0.39, 0.29) is 0 Å². The molecule has 1 saturated carbocycles. The second-order valence-electron chi connectivity index (χ2n) is 6.07. The van der Waals surface area contributed by atoms with Crippen LogP contribution in [0.1, 0.15) is 45.9 Å². The minimum absolute atomic E-state index is 0.363. The lowest BCUT2D eigenvalue weighted by Crippen LogP contribution is -2.39. The molecule has 3 unspecified atom stereocenters. The van der Waals surface area contributed by atoms with Gasteiger partial charge in [-0.05, 0) is 43.9 Å². The van der Waals surface area contributed by atoms with Gasteiger partial charge in [0.05, 0.1) is 0 Å². The summed E-state index contributed by atoms with van der Waals surface area (Å²) in [6.45, 7) is 7.85. The molecule has 0 aromatic carbocycles. The third-order valence-corrected chi connectivity index (χ3v) is 4.61. The van der Waals surface area contributed by atoms with Crippen LogP contribution in [0.3, 0.4) is 0 Å². The Kier molecular flexibility index (Phi) is 4.44. The minimum Gasteiger partial charge on any atom is -0.335 e. The largest absolute Gasteiger partial charge is 0.335 e. The van der Waals surface area contributed by atoms with Crippen LogP contribution in [0.15, 0.2) is 12.4 Å². The molecule has 1 heterocycles. The van der Waals surface area contributed by atoms with E-state index >= 15 is 0 Å². The third-order valence-electron chi connectivity index (χ3n) is 4.61. The summed E-state index contributed by atoms with van der Waals surface area (Å²) in [5, 5.41) is 0. The predicted molar refractivity (Wildman–Crippen MR) is 75.2 cm³/mol. The molecule has 0 aliphatic heterocycles. The molecular formula is C15H27N3. The third kappa shape index (κ3) is 2.94. The number of nitrogens with two attached hydrogens (primary N) is 1. The second-order valence-corrected chi connectivity index (χ2v) is 6.07. The van der Waals surface area contributed by atoms with E-state index in [0.717, 1.165) is 24.8 Å². The summed E-state index contributed by atoms with van der Waals surface area (Å²) in [6, 6.07) is 0.363. The summed E-state index contributed by atoms with van der Waals surface area (Å²) < 4.78 is 2.24. The van der Waals surface area contributed by atoms with E-state index in [1.807, 2.05) is 6.20 Å². The number of aryl methyl sites for hydroxylation is 1. The Morgan fingerprint density at radius 2 is 2.22 bits per heavy atom. The molecular weight excluding hydrogens is 222 g/mol. The molecule has 2 rings (SSSR count). The molecule has 0 spiro atoms. The normalized spacial score (nSPS) is 28.8. The van der Waals surface area contributed by atoms with Gasteiger partial charge in [0.1, 0.15) is 5.82 Å². The predicted octanol–water partition coefficient (Wildman–Crippen LogP) is 2.85. The molecule has 0 bridgehead atoms. The van der Waals surface area contributed by atoms with Crippen molar-refractivity contribution in [1.82, 2.24) is 9.55 Å². The highest BCUT2D eigenvalue weighted by Gasteiger charge is 2.30. The smallest absolute Gasteiger partial charge is 0.108 e. The van der Waals surface area contributed by atoms with Crippen LogP contribution in [0, 0.1) is 17.8 Å². The molecule has 1 fully saturated rings. The van der Waals surface area contributed by atoms with Crippen LogP contribution >= 0.6 is 0 Å². The lowest BCUT2D eigenvalue weighted by molar-refractivity contribution is 0.187. The topological polar surface area (TPSA) is 43.8 Å². The van der Waals surface area contributed by atoms with Crippen molar-refractivity contribution in [2.45, 2.75) is 59.0 Å². The van der Waals surface area contributed by atoms with Gasteiger partial charge < -0.3 is 10.3 Å².